The minimum Gasteiger partial charge on any atom is -0.148 e. The standard InChI is InChI=1S/C11H18S/c1-4-5-8-11(2,3)10-7-6-9-12-10/h6-7,9H,4-5,8H2,1-3H3. The van der Waals surface area contributed by atoms with Crippen molar-refractivity contribution in [1.29, 1.82) is 0 Å². The second-order valence-corrected chi connectivity index (χ2v) is 4.91. The first-order chi connectivity index (χ1) is 5.67. The van der Waals surface area contributed by atoms with Crippen LogP contribution in [0.1, 0.15) is 44.9 Å². The summed E-state index contributed by atoms with van der Waals surface area (Å²) in [6.07, 6.45) is 3.95. The predicted octanol–water partition coefficient (Wildman–Crippen LogP) is 4.22. The average Bonchev–Trinajstić information content (AvgIpc) is 2.53. The van der Waals surface area contributed by atoms with E-state index < -0.39 is 0 Å². The molecule has 0 spiro atoms. The molecule has 1 aromatic heterocycles. The quantitative estimate of drug-likeness (QED) is 0.654. The van der Waals surface area contributed by atoms with E-state index in [1.165, 1.54) is 24.1 Å². The highest BCUT2D eigenvalue weighted by Gasteiger charge is 2.20. The van der Waals surface area contributed by atoms with Gasteiger partial charge >= 0.3 is 0 Å². The molecule has 0 nitrogen and oxygen atoms in total. The summed E-state index contributed by atoms with van der Waals surface area (Å²) in [5.41, 5.74) is 0.393. The average molecular weight is 182 g/mol. The molecule has 0 fully saturated rings. The van der Waals surface area contributed by atoms with E-state index in [9.17, 15) is 0 Å². The topological polar surface area (TPSA) is 0 Å². The fraction of sp³-hybridized carbons (Fsp3) is 0.636. The Morgan fingerprint density at radius 3 is 2.67 bits per heavy atom. The predicted molar refractivity (Wildman–Crippen MR) is 56.9 cm³/mol. The van der Waals surface area contributed by atoms with Crippen molar-refractivity contribution in [2.75, 3.05) is 0 Å². The van der Waals surface area contributed by atoms with Crippen LogP contribution in [0.15, 0.2) is 17.5 Å². The van der Waals surface area contributed by atoms with Crippen molar-refractivity contribution in [2.45, 2.75) is 45.4 Å². The molecule has 0 saturated carbocycles. The highest BCUT2D eigenvalue weighted by molar-refractivity contribution is 7.10. The van der Waals surface area contributed by atoms with Crippen LogP contribution in [0.2, 0.25) is 0 Å². The molecule has 0 aliphatic carbocycles. The Balaban J connectivity index is 2.59. The Morgan fingerprint density at radius 2 is 2.17 bits per heavy atom. The highest BCUT2D eigenvalue weighted by atomic mass is 32.1. The summed E-state index contributed by atoms with van der Waals surface area (Å²) in [6.45, 7) is 6.94. The van der Waals surface area contributed by atoms with Gasteiger partial charge in [-0.3, -0.25) is 0 Å². The lowest BCUT2D eigenvalue weighted by atomic mass is 9.86. The SMILES string of the molecule is CCCCC(C)(C)c1cccs1. The van der Waals surface area contributed by atoms with E-state index in [1.807, 2.05) is 11.3 Å². The van der Waals surface area contributed by atoms with E-state index >= 15 is 0 Å². The highest BCUT2D eigenvalue weighted by Crippen LogP contribution is 2.31. The molecular weight excluding hydrogens is 164 g/mol. The van der Waals surface area contributed by atoms with Crippen molar-refractivity contribution < 1.29 is 0 Å². The molecule has 0 aliphatic rings. The first kappa shape index (κ1) is 9.79. The minimum atomic E-state index is 0.393. The van der Waals surface area contributed by atoms with Gasteiger partial charge in [0.15, 0.2) is 0 Å². The molecule has 12 heavy (non-hydrogen) atoms. The van der Waals surface area contributed by atoms with Gasteiger partial charge in [-0.2, -0.15) is 0 Å². The second kappa shape index (κ2) is 4.08. The van der Waals surface area contributed by atoms with Gasteiger partial charge in [-0.05, 0) is 23.3 Å². The first-order valence-corrected chi connectivity index (χ1v) is 5.59. The molecule has 0 aromatic carbocycles. The maximum atomic E-state index is 2.34. The number of hydrogen-bond acceptors (Lipinski definition) is 1. The van der Waals surface area contributed by atoms with E-state index in [0.717, 1.165) is 0 Å². The monoisotopic (exact) mass is 182 g/mol. The van der Waals surface area contributed by atoms with Crippen LogP contribution in [0.25, 0.3) is 0 Å². The first-order valence-electron chi connectivity index (χ1n) is 4.71. The van der Waals surface area contributed by atoms with Crippen LogP contribution in [0.5, 0.6) is 0 Å². The van der Waals surface area contributed by atoms with Gasteiger partial charge in [-0.1, -0.05) is 39.7 Å². The smallest absolute Gasteiger partial charge is 0.0101 e. The summed E-state index contributed by atoms with van der Waals surface area (Å²) >= 11 is 1.88. The van der Waals surface area contributed by atoms with E-state index in [4.69, 9.17) is 0 Å². The van der Waals surface area contributed by atoms with Crippen molar-refractivity contribution in [2.24, 2.45) is 0 Å². The maximum Gasteiger partial charge on any atom is 0.0101 e. The summed E-state index contributed by atoms with van der Waals surface area (Å²) in [6, 6.07) is 4.40. The fourth-order valence-corrected chi connectivity index (χ4v) is 2.29. The van der Waals surface area contributed by atoms with Crippen LogP contribution in [-0.2, 0) is 5.41 Å². The van der Waals surface area contributed by atoms with Crippen LogP contribution >= 0.6 is 11.3 Å². The van der Waals surface area contributed by atoms with Crippen molar-refractivity contribution >= 4 is 11.3 Å². The van der Waals surface area contributed by atoms with Crippen LogP contribution in [0.3, 0.4) is 0 Å². The third-order valence-electron chi connectivity index (χ3n) is 2.34. The molecule has 0 aliphatic heterocycles. The molecule has 0 bridgehead atoms. The molecule has 1 aromatic rings. The van der Waals surface area contributed by atoms with E-state index in [1.54, 1.807) is 0 Å². The Bertz CT molecular complexity index is 209. The second-order valence-electron chi connectivity index (χ2n) is 3.96. The van der Waals surface area contributed by atoms with Crippen LogP contribution < -0.4 is 0 Å². The molecule has 1 heteroatoms. The molecular formula is C11H18S. The third-order valence-corrected chi connectivity index (χ3v) is 3.58. The Hall–Kier alpha value is -0.300. The lowest BCUT2D eigenvalue weighted by Crippen LogP contribution is -2.14. The minimum absolute atomic E-state index is 0.393. The number of hydrogen-bond donors (Lipinski definition) is 0. The molecule has 1 rings (SSSR count). The van der Waals surface area contributed by atoms with Crippen LogP contribution in [-0.4, -0.2) is 0 Å². The van der Waals surface area contributed by atoms with Gasteiger partial charge in [0.1, 0.15) is 0 Å². The lowest BCUT2D eigenvalue weighted by Gasteiger charge is -2.22. The van der Waals surface area contributed by atoms with E-state index in [2.05, 4.69) is 38.3 Å². The zero-order valence-corrected chi connectivity index (χ0v) is 9.08. The molecule has 0 radical (unpaired) electrons. The fourth-order valence-electron chi connectivity index (χ4n) is 1.41. The van der Waals surface area contributed by atoms with Crippen LogP contribution in [0.4, 0.5) is 0 Å². The molecule has 0 atom stereocenters. The zero-order valence-electron chi connectivity index (χ0n) is 8.26. The van der Waals surface area contributed by atoms with Crippen molar-refractivity contribution in [3.63, 3.8) is 0 Å². The van der Waals surface area contributed by atoms with E-state index in [-0.39, 0.29) is 0 Å². The summed E-state index contributed by atoms with van der Waals surface area (Å²) in [5, 5.41) is 2.17. The summed E-state index contributed by atoms with van der Waals surface area (Å²) in [7, 11) is 0. The van der Waals surface area contributed by atoms with Gasteiger partial charge in [0.2, 0.25) is 0 Å². The molecule has 68 valence electrons. The summed E-state index contributed by atoms with van der Waals surface area (Å²) in [4.78, 5) is 1.52. The van der Waals surface area contributed by atoms with Gasteiger partial charge in [-0.15, -0.1) is 11.3 Å². The van der Waals surface area contributed by atoms with Gasteiger partial charge in [0, 0.05) is 4.88 Å². The van der Waals surface area contributed by atoms with Gasteiger partial charge in [0.25, 0.3) is 0 Å². The van der Waals surface area contributed by atoms with Crippen molar-refractivity contribution in [3.8, 4) is 0 Å². The number of unbranched alkanes of at least 4 members (excludes halogenated alkanes) is 1. The van der Waals surface area contributed by atoms with Crippen LogP contribution in [0, 0.1) is 0 Å². The molecule has 1 heterocycles. The normalized spacial score (nSPS) is 11.9. The van der Waals surface area contributed by atoms with Crippen molar-refractivity contribution in [3.05, 3.63) is 22.4 Å². The molecule has 0 amide bonds. The Labute approximate surface area is 79.6 Å². The van der Waals surface area contributed by atoms with E-state index in [0.29, 0.717) is 5.41 Å². The largest absolute Gasteiger partial charge is 0.148 e. The number of rotatable bonds is 4. The summed E-state index contributed by atoms with van der Waals surface area (Å²) < 4.78 is 0. The van der Waals surface area contributed by atoms with Crippen molar-refractivity contribution in [1.82, 2.24) is 0 Å². The zero-order chi connectivity index (χ0) is 9.03. The Kier molecular flexibility index (Phi) is 3.33. The number of thiophene rings is 1. The lowest BCUT2D eigenvalue weighted by molar-refractivity contribution is 0.466. The Morgan fingerprint density at radius 1 is 1.42 bits per heavy atom. The van der Waals surface area contributed by atoms with Gasteiger partial charge in [0.05, 0.1) is 0 Å². The van der Waals surface area contributed by atoms with Gasteiger partial charge in [-0.25, -0.2) is 0 Å². The molecule has 0 saturated heterocycles. The van der Waals surface area contributed by atoms with Gasteiger partial charge < -0.3 is 0 Å². The molecule has 0 unspecified atom stereocenters. The summed E-state index contributed by atoms with van der Waals surface area (Å²) in [5.74, 6) is 0. The molecule has 0 N–H and O–H groups in total. The maximum absolute atomic E-state index is 2.34. The third kappa shape index (κ3) is 2.34.